The fourth-order valence-corrected chi connectivity index (χ4v) is 4.12. The van der Waals surface area contributed by atoms with Crippen molar-refractivity contribution in [3.8, 4) is 12.3 Å². The Bertz CT molecular complexity index is 692. The topological polar surface area (TPSA) is 8.81 Å². The molecule has 0 bridgehead atoms. The second-order valence-electron chi connectivity index (χ2n) is 8.23. The van der Waals surface area contributed by atoms with Crippen molar-refractivity contribution in [1.82, 2.24) is 4.57 Å². The van der Waals surface area contributed by atoms with Crippen LogP contribution in [0.4, 0.5) is 0 Å². The standard InChI is InChI=1S/C26H41N2/c1-3-5-6-7-8-9-10-11-12-13-14-15-16-19-23-28-24-27(22-4-2)25-20-17-18-21-26(25)28/h2,17-18,20-21,24H,3,5-16,19,22-23H2,1H3/q+1. The van der Waals surface area contributed by atoms with E-state index in [1.165, 1.54) is 101 Å². The summed E-state index contributed by atoms with van der Waals surface area (Å²) >= 11 is 0. The molecule has 0 amide bonds. The Morgan fingerprint density at radius 3 is 1.89 bits per heavy atom. The van der Waals surface area contributed by atoms with Crippen LogP contribution in [-0.2, 0) is 13.1 Å². The molecule has 0 aliphatic carbocycles. The third-order valence-electron chi connectivity index (χ3n) is 5.79. The third kappa shape index (κ3) is 8.09. The van der Waals surface area contributed by atoms with Crippen molar-refractivity contribution < 1.29 is 4.57 Å². The maximum atomic E-state index is 5.51. The van der Waals surface area contributed by atoms with Crippen LogP contribution in [0.5, 0.6) is 0 Å². The fraction of sp³-hybridized carbons (Fsp3) is 0.654. The predicted octanol–water partition coefficient (Wildman–Crippen LogP) is 7.04. The second-order valence-corrected chi connectivity index (χ2v) is 8.23. The highest BCUT2D eigenvalue weighted by atomic mass is 15.1. The number of nitrogens with zero attached hydrogens (tertiary/aromatic N) is 2. The number of rotatable bonds is 16. The molecule has 0 unspecified atom stereocenters. The Kier molecular flexibility index (Phi) is 11.5. The monoisotopic (exact) mass is 381 g/mol. The predicted molar refractivity (Wildman–Crippen MR) is 121 cm³/mol. The fourth-order valence-electron chi connectivity index (χ4n) is 4.12. The number of fused-ring (bicyclic) bond motifs is 1. The van der Waals surface area contributed by atoms with Gasteiger partial charge in [0.25, 0.3) is 0 Å². The van der Waals surface area contributed by atoms with Gasteiger partial charge in [0.1, 0.15) is 0 Å². The van der Waals surface area contributed by atoms with Crippen LogP contribution in [0.3, 0.4) is 0 Å². The average molecular weight is 382 g/mol. The molecule has 0 aliphatic rings. The van der Waals surface area contributed by atoms with Gasteiger partial charge in [-0.2, -0.15) is 0 Å². The van der Waals surface area contributed by atoms with Gasteiger partial charge in [-0.05, 0) is 25.0 Å². The first-order chi connectivity index (χ1) is 13.9. The lowest BCUT2D eigenvalue weighted by atomic mass is 10.0. The van der Waals surface area contributed by atoms with E-state index in [2.05, 4.69) is 52.6 Å². The number of aromatic nitrogens is 2. The first-order valence-corrected chi connectivity index (χ1v) is 11.8. The molecule has 0 atom stereocenters. The van der Waals surface area contributed by atoms with Crippen molar-refractivity contribution in [2.45, 2.75) is 110 Å². The summed E-state index contributed by atoms with van der Waals surface area (Å²) in [5.41, 5.74) is 2.54. The van der Waals surface area contributed by atoms with Gasteiger partial charge in [0.15, 0.2) is 17.6 Å². The highest BCUT2D eigenvalue weighted by Gasteiger charge is 2.13. The van der Waals surface area contributed by atoms with Crippen LogP contribution in [0.15, 0.2) is 30.6 Å². The lowest BCUT2D eigenvalue weighted by molar-refractivity contribution is -0.672. The Hall–Kier alpha value is -1.75. The molecule has 1 heterocycles. The van der Waals surface area contributed by atoms with Crippen LogP contribution < -0.4 is 4.57 Å². The number of hydrogen-bond donors (Lipinski definition) is 0. The van der Waals surface area contributed by atoms with E-state index < -0.39 is 0 Å². The van der Waals surface area contributed by atoms with Crippen LogP contribution in [0, 0.1) is 12.3 Å². The summed E-state index contributed by atoms with van der Waals surface area (Å²) in [6.45, 7) is 4.03. The SMILES string of the molecule is C#CCn1c[n+](CCCCCCCCCCCCCCCC)c2ccccc21. The highest BCUT2D eigenvalue weighted by Crippen LogP contribution is 2.14. The lowest BCUT2D eigenvalue weighted by Gasteiger charge is -2.03. The zero-order chi connectivity index (χ0) is 19.9. The van der Waals surface area contributed by atoms with Crippen molar-refractivity contribution in [2.75, 3.05) is 0 Å². The van der Waals surface area contributed by atoms with Gasteiger partial charge >= 0.3 is 0 Å². The maximum Gasteiger partial charge on any atom is 0.245 e. The molecule has 0 spiro atoms. The van der Waals surface area contributed by atoms with Crippen molar-refractivity contribution in [3.05, 3.63) is 30.6 Å². The zero-order valence-electron chi connectivity index (χ0n) is 18.2. The Balaban J connectivity index is 1.50. The van der Waals surface area contributed by atoms with Crippen LogP contribution in [0.25, 0.3) is 11.0 Å². The number of terminal acetylenes is 1. The minimum absolute atomic E-state index is 0.645. The van der Waals surface area contributed by atoms with Crippen molar-refractivity contribution in [2.24, 2.45) is 0 Å². The van der Waals surface area contributed by atoms with Crippen LogP contribution in [0.2, 0.25) is 0 Å². The third-order valence-corrected chi connectivity index (χ3v) is 5.79. The molecular weight excluding hydrogens is 340 g/mol. The van der Waals surface area contributed by atoms with E-state index in [0.29, 0.717) is 6.54 Å². The van der Waals surface area contributed by atoms with Crippen LogP contribution in [0.1, 0.15) is 96.8 Å². The van der Waals surface area contributed by atoms with E-state index in [4.69, 9.17) is 6.42 Å². The van der Waals surface area contributed by atoms with Gasteiger partial charge in [-0.1, -0.05) is 102 Å². The minimum Gasteiger partial charge on any atom is -0.230 e. The normalized spacial score (nSPS) is 11.1. The Morgan fingerprint density at radius 1 is 0.786 bits per heavy atom. The molecule has 1 aromatic carbocycles. The molecule has 1 aromatic heterocycles. The van der Waals surface area contributed by atoms with Gasteiger partial charge in [0, 0.05) is 0 Å². The molecule has 2 nitrogen and oxygen atoms in total. The summed E-state index contributed by atoms with van der Waals surface area (Å²) in [7, 11) is 0. The Morgan fingerprint density at radius 2 is 1.32 bits per heavy atom. The summed E-state index contributed by atoms with van der Waals surface area (Å²) in [6.07, 6.45) is 27.4. The number of unbranched alkanes of at least 4 members (excludes halogenated alkanes) is 13. The molecule has 0 saturated carbocycles. The summed E-state index contributed by atoms with van der Waals surface area (Å²) in [5.74, 6) is 2.76. The number of imidazole rings is 1. The molecule has 0 aliphatic heterocycles. The molecule has 2 rings (SSSR count). The number of hydrogen-bond acceptors (Lipinski definition) is 0. The largest absolute Gasteiger partial charge is 0.245 e. The molecule has 0 fully saturated rings. The maximum absolute atomic E-state index is 5.51. The zero-order valence-corrected chi connectivity index (χ0v) is 18.2. The van der Waals surface area contributed by atoms with Gasteiger partial charge in [-0.3, -0.25) is 0 Å². The van der Waals surface area contributed by atoms with E-state index >= 15 is 0 Å². The molecular formula is C26H41N2+. The molecule has 2 heteroatoms. The van der Waals surface area contributed by atoms with Gasteiger partial charge in [0.05, 0.1) is 6.54 Å². The van der Waals surface area contributed by atoms with Crippen LogP contribution in [-0.4, -0.2) is 4.57 Å². The summed E-state index contributed by atoms with van der Waals surface area (Å²) in [4.78, 5) is 0. The quantitative estimate of drug-likeness (QED) is 0.167. The number of aryl methyl sites for hydroxylation is 1. The summed E-state index contributed by atoms with van der Waals surface area (Å²) in [6, 6.07) is 8.57. The van der Waals surface area contributed by atoms with Gasteiger partial charge in [-0.25, -0.2) is 9.13 Å². The minimum atomic E-state index is 0.645. The first-order valence-electron chi connectivity index (χ1n) is 11.8. The first kappa shape index (κ1) is 22.5. The number of benzene rings is 1. The molecule has 0 saturated heterocycles. The van der Waals surface area contributed by atoms with E-state index in [1.807, 2.05) is 0 Å². The Labute approximate surface area is 173 Å². The lowest BCUT2D eigenvalue weighted by Crippen LogP contribution is -2.32. The van der Waals surface area contributed by atoms with Gasteiger partial charge in [0.2, 0.25) is 6.33 Å². The second kappa shape index (κ2) is 14.3. The van der Waals surface area contributed by atoms with E-state index in [1.54, 1.807) is 0 Å². The van der Waals surface area contributed by atoms with Gasteiger partial charge in [-0.15, -0.1) is 6.42 Å². The molecule has 2 aromatic rings. The smallest absolute Gasteiger partial charge is 0.230 e. The summed E-state index contributed by atoms with van der Waals surface area (Å²) in [5, 5.41) is 0. The number of para-hydroxylation sites is 2. The molecule has 0 radical (unpaired) electrons. The van der Waals surface area contributed by atoms with Crippen molar-refractivity contribution >= 4 is 11.0 Å². The van der Waals surface area contributed by atoms with E-state index in [0.717, 1.165) is 6.54 Å². The highest BCUT2D eigenvalue weighted by molar-refractivity contribution is 5.71. The van der Waals surface area contributed by atoms with Crippen molar-refractivity contribution in [3.63, 3.8) is 0 Å². The summed E-state index contributed by atoms with van der Waals surface area (Å²) < 4.78 is 4.55. The van der Waals surface area contributed by atoms with Crippen LogP contribution >= 0.6 is 0 Å². The molecule has 154 valence electrons. The van der Waals surface area contributed by atoms with E-state index in [9.17, 15) is 0 Å². The molecule has 0 N–H and O–H groups in total. The van der Waals surface area contributed by atoms with Gasteiger partial charge < -0.3 is 0 Å². The van der Waals surface area contributed by atoms with E-state index in [-0.39, 0.29) is 0 Å². The molecule has 28 heavy (non-hydrogen) atoms. The van der Waals surface area contributed by atoms with Crippen molar-refractivity contribution in [1.29, 1.82) is 0 Å². The average Bonchev–Trinajstić information content (AvgIpc) is 3.06.